The molecular formula is C8H12N4OS. The average Bonchev–Trinajstić information content (AvgIpc) is 2.21. The Bertz CT molecular complexity index is 330. The molecule has 0 aliphatic carbocycles. The normalized spacial score (nSPS) is 18.4. The maximum atomic E-state index is 11.1. The van der Waals surface area contributed by atoms with Crippen LogP contribution < -0.4 is 10.6 Å². The lowest BCUT2D eigenvalue weighted by molar-refractivity contribution is 0.671. The van der Waals surface area contributed by atoms with Gasteiger partial charge in [-0.1, -0.05) is 0 Å². The van der Waals surface area contributed by atoms with Crippen LogP contribution in [0.1, 0.15) is 0 Å². The largest absolute Gasteiger partial charge is 0.396 e. The minimum Gasteiger partial charge on any atom is -0.396 e. The summed E-state index contributed by atoms with van der Waals surface area (Å²) in [6.07, 6.45) is 3.18. The third-order valence-corrected chi connectivity index (χ3v) is 3.39. The van der Waals surface area contributed by atoms with Crippen LogP contribution in [0.2, 0.25) is 0 Å². The molecule has 0 saturated carbocycles. The maximum absolute atomic E-state index is 11.1. The number of anilines is 2. The van der Waals surface area contributed by atoms with Gasteiger partial charge in [-0.05, 0) is 0 Å². The third kappa shape index (κ3) is 2.01. The number of hydrogen-bond donors (Lipinski definition) is 1. The molecule has 1 aliphatic rings. The van der Waals surface area contributed by atoms with E-state index in [9.17, 15) is 4.21 Å². The average molecular weight is 212 g/mol. The summed E-state index contributed by atoms with van der Waals surface area (Å²) in [4.78, 5) is 10.3. The molecule has 0 aromatic carbocycles. The quantitative estimate of drug-likeness (QED) is 0.687. The van der Waals surface area contributed by atoms with Crippen LogP contribution in [0.15, 0.2) is 12.4 Å². The molecular weight excluding hydrogens is 200 g/mol. The van der Waals surface area contributed by atoms with Crippen LogP contribution in [0.4, 0.5) is 11.6 Å². The molecule has 1 fully saturated rings. The van der Waals surface area contributed by atoms with E-state index in [2.05, 4.69) is 9.97 Å². The molecule has 1 aromatic heterocycles. The van der Waals surface area contributed by atoms with Crippen LogP contribution in [0, 0.1) is 0 Å². The lowest BCUT2D eigenvalue weighted by Gasteiger charge is -2.25. The fraction of sp³-hybridized carbons (Fsp3) is 0.500. The number of hydrogen-bond acceptors (Lipinski definition) is 5. The first kappa shape index (κ1) is 9.39. The molecule has 1 aromatic rings. The van der Waals surface area contributed by atoms with E-state index in [1.165, 1.54) is 0 Å². The summed E-state index contributed by atoms with van der Waals surface area (Å²) in [6, 6.07) is 0. The van der Waals surface area contributed by atoms with Crippen LogP contribution in [0.5, 0.6) is 0 Å². The second kappa shape index (κ2) is 3.91. The van der Waals surface area contributed by atoms with Crippen LogP contribution in [-0.4, -0.2) is 38.8 Å². The second-order valence-electron chi connectivity index (χ2n) is 3.15. The summed E-state index contributed by atoms with van der Waals surface area (Å²) in [5, 5.41) is 0. The van der Waals surface area contributed by atoms with E-state index in [1.807, 2.05) is 4.90 Å². The Hall–Kier alpha value is -1.17. The molecule has 1 saturated heterocycles. The zero-order valence-electron chi connectivity index (χ0n) is 7.72. The van der Waals surface area contributed by atoms with E-state index in [0.717, 1.165) is 13.1 Å². The molecule has 6 heteroatoms. The molecule has 2 heterocycles. The number of aromatic nitrogens is 2. The third-order valence-electron chi connectivity index (χ3n) is 2.12. The Morgan fingerprint density at radius 1 is 1.29 bits per heavy atom. The van der Waals surface area contributed by atoms with Crippen molar-refractivity contribution in [2.75, 3.05) is 35.2 Å². The summed E-state index contributed by atoms with van der Waals surface area (Å²) in [5.41, 5.74) is 6.05. The lowest BCUT2D eigenvalue weighted by Crippen LogP contribution is -2.38. The monoisotopic (exact) mass is 212 g/mol. The van der Waals surface area contributed by atoms with E-state index < -0.39 is 10.8 Å². The fourth-order valence-corrected chi connectivity index (χ4v) is 2.38. The van der Waals surface area contributed by atoms with Gasteiger partial charge in [-0.15, -0.1) is 0 Å². The lowest BCUT2D eigenvalue weighted by atomic mass is 10.5. The van der Waals surface area contributed by atoms with Crippen molar-refractivity contribution in [1.82, 2.24) is 9.97 Å². The fourth-order valence-electron chi connectivity index (χ4n) is 1.33. The van der Waals surface area contributed by atoms with Gasteiger partial charge in [0.2, 0.25) is 5.95 Å². The predicted octanol–water partition coefficient (Wildman–Crippen LogP) is -0.373. The number of nitrogens with two attached hydrogens (primary N) is 1. The summed E-state index contributed by atoms with van der Waals surface area (Å²) >= 11 is 0. The van der Waals surface area contributed by atoms with Crippen molar-refractivity contribution in [2.24, 2.45) is 0 Å². The smallest absolute Gasteiger partial charge is 0.225 e. The van der Waals surface area contributed by atoms with Crippen molar-refractivity contribution in [3.05, 3.63) is 12.4 Å². The van der Waals surface area contributed by atoms with Gasteiger partial charge in [0.15, 0.2) is 0 Å². The molecule has 1 aliphatic heterocycles. The van der Waals surface area contributed by atoms with Crippen molar-refractivity contribution in [3.63, 3.8) is 0 Å². The molecule has 0 atom stereocenters. The topological polar surface area (TPSA) is 72.1 Å². The first-order chi connectivity index (χ1) is 6.75. The maximum Gasteiger partial charge on any atom is 0.225 e. The summed E-state index contributed by atoms with van der Waals surface area (Å²) < 4.78 is 11.1. The Kier molecular flexibility index (Phi) is 2.62. The summed E-state index contributed by atoms with van der Waals surface area (Å²) in [6.45, 7) is 1.52. The summed E-state index contributed by atoms with van der Waals surface area (Å²) in [7, 11) is -0.661. The molecule has 14 heavy (non-hydrogen) atoms. The van der Waals surface area contributed by atoms with Gasteiger partial charge < -0.3 is 10.6 Å². The van der Waals surface area contributed by atoms with Gasteiger partial charge in [-0.25, -0.2) is 9.97 Å². The Morgan fingerprint density at radius 3 is 2.43 bits per heavy atom. The van der Waals surface area contributed by atoms with Gasteiger partial charge in [0.25, 0.3) is 0 Å². The minimum atomic E-state index is -0.661. The Morgan fingerprint density at radius 2 is 1.86 bits per heavy atom. The van der Waals surface area contributed by atoms with Gasteiger partial charge >= 0.3 is 0 Å². The number of nitrogen functional groups attached to an aromatic ring is 1. The number of nitrogens with zero attached hydrogens (tertiary/aromatic N) is 3. The molecule has 2 N–H and O–H groups in total. The molecule has 0 radical (unpaired) electrons. The van der Waals surface area contributed by atoms with Gasteiger partial charge in [0.05, 0.1) is 18.1 Å². The standard InChI is InChI=1S/C8H12N4OS/c9-7-5-10-8(11-6-7)12-1-3-14(13)4-2-12/h5-6H,1-4,9H2. The zero-order valence-corrected chi connectivity index (χ0v) is 8.54. The van der Waals surface area contributed by atoms with Crippen molar-refractivity contribution in [2.45, 2.75) is 0 Å². The minimum absolute atomic E-state index is 0.564. The Labute approximate surface area is 84.8 Å². The van der Waals surface area contributed by atoms with E-state index in [-0.39, 0.29) is 0 Å². The van der Waals surface area contributed by atoms with Gasteiger partial charge in [0, 0.05) is 35.4 Å². The molecule has 0 amide bonds. The predicted molar refractivity (Wildman–Crippen MR) is 56.5 cm³/mol. The van der Waals surface area contributed by atoms with Gasteiger partial charge in [0.1, 0.15) is 0 Å². The van der Waals surface area contributed by atoms with E-state index in [0.29, 0.717) is 23.1 Å². The van der Waals surface area contributed by atoms with Gasteiger partial charge in [-0.3, -0.25) is 4.21 Å². The zero-order chi connectivity index (χ0) is 9.97. The SMILES string of the molecule is Nc1cnc(N2CCS(=O)CC2)nc1. The molecule has 5 nitrogen and oxygen atoms in total. The highest BCUT2D eigenvalue weighted by Crippen LogP contribution is 2.10. The van der Waals surface area contributed by atoms with Crippen molar-refractivity contribution in [1.29, 1.82) is 0 Å². The van der Waals surface area contributed by atoms with E-state index >= 15 is 0 Å². The highest BCUT2D eigenvalue weighted by atomic mass is 32.2. The highest BCUT2D eigenvalue weighted by Gasteiger charge is 2.16. The van der Waals surface area contributed by atoms with Crippen LogP contribution >= 0.6 is 0 Å². The summed E-state index contributed by atoms with van der Waals surface area (Å²) in [5.74, 6) is 2.08. The Balaban J connectivity index is 2.08. The highest BCUT2D eigenvalue weighted by molar-refractivity contribution is 7.85. The first-order valence-corrected chi connectivity index (χ1v) is 5.92. The van der Waals surface area contributed by atoms with Gasteiger partial charge in [-0.2, -0.15) is 0 Å². The van der Waals surface area contributed by atoms with E-state index in [4.69, 9.17) is 5.73 Å². The molecule has 2 rings (SSSR count). The van der Waals surface area contributed by atoms with E-state index in [1.54, 1.807) is 12.4 Å². The number of rotatable bonds is 1. The van der Waals surface area contributed by atoms with Crippen molar-refractivity contribution < 1.29 is 4.21 Å². The molecule has 76 valence electrons. The van der Waals surface area contributed by atoms with Crippen molar-refractivity contribution >= 4 is 22.4 Å². The molecule has 0 bridgehead atoms. The molecule has 0 unspecified atom stereocenters. The van der Waals surface area contributed by atoms with Crippen LogP contribution in [-0.2, 0) is 10.8 Å². The van der Waals surface area contributed by atoms with Crippen molar-refractivity contribution in [3.8, 4) is 0 Å². The first-order valence-electron chi connectivity index (χ1n) is 4.43. The molecule has 0 spiro atoms. The van der Waals surface area contributed by atoms with Crippen LogP contribution in [0.25, 0.3) is 0 Å². The van der Waals surface area contributed by atoms with Crippen LogP contribution in [0.3, 0.4) is 0 Å². The second-order valence-corrected chi connectivity index (χ2v) is 4.85.